The van der Waals surface area contributed by atoms with Crippen LogP contribution in [0, 0.1) is 17.1 Å². The van der Waals surface area contributed by atoms with Crippen LogP contribution in [0.1, 0.15) is 81.6 Å². The van der Waals surface area contributed by atoms with Crippen molar-refractivity contribution in [1.29, 1.82) is 5.26 Å². The second-order valence-electron chi connectivity index (χ2n) is 13.9. The van der Waals surface area contributed by atoms with Gasteiger partial charge in [-0.15, -0.1) is 0 Å². The molecule has 3 aromatic rings. The first-order chi connectivity index (χ1) is 26.6. The van der Waals surface area contributed by atoms with Crippen LogP contribution in [-0.4, -0.2) is 107 Å². The normalized spacial score (nSPS) is 21.5. The average Bonchev–Trinajstić information content (AvgIpc) is 3.41. The Kier molecular flexibility index (Phi) is 11.2. The molecule has 17 heteroatoms. The Balaban J connectivity index is 0.815. The monoisotopic (exact) mass is 772 g/mol. The molecular formula is C38H38ClFN8O7. The first-order valence-corrected chi connectivity index (χ1v) is 18.6. The van der Waals surface area contributed by atoms with E-state index < -0.39 is 35.5 Å². The van der Waals surface area contributed by atoms with Crippen LogP contribution in [0.4, 0.5) is 10.3 Å². The highest BCUT2D eigenvalue weighted by Crippen LogP contribution is 2.32. The second-order valence-corrected chi connectivity index (χ2v) is 14.3. The Labute approximate surface area is 320 Å². The van der Waals surface area contributed by atoms with Gasteiger partial charge in [-0.25, -0.2) is 14.4 Å². The summed E-state index contributed by atoms with van der Waals surface area (Å²) in [7, 11) is 0. The van der Waals surface area contributed by atoms with Crippen molar-refractivity contribution in [2.75, 3.05) is 44.2 Å². The van der Waals surface area contributed by atoms with Gasteiger partial charge in [-0.05, 0) is 62.8 Å². The van der Waals surface area contributed by atoms with Gasteiger partial charge in [0.2, 0.25) is 17.8 Å². The van der Waals surface area contributed by atoms with Crippen LogP contribution in [-0.2, 0) is 9.59 Å². The summed E-state index contributed by atoms with van der Waals surface area (Å²) in [4.78, 5) is 76.7. The molecule has 1 aliphatic carbocycles. The largest absolute Gasteiger partial charge is 0.490 e. The number of nitrogens with zero attached hydrogens (tertiary/aromatic N) is 6. The third kappa shape index (κ3) is 8.37. The molecule has 1 atom stereocenters. The zero-order valence-electron chi connectivity index (χ0n) is 29.8. The number of benzene rings is 2. The third-order valence-corrected chi connectivity index (χ3v) is 10.6. The van der Waals surface area contributed by atoms with E-state index >= 15 is 0 Å². The van der Waals surface area contributed by atoms with E-state index in [4.69, 9.17) is 26.3 Å². The molecule has 1 aromatic heterocycles. The third-order valence-electron chi connectivity index (χ3n) is 10.3. The topological polar surface area (TPSA) is 187 Å². The maximum absolute atomic E-state index is 14.9. The van der Waals surface area contributed by atoms with E-state index in [-0.39, 0.29) is 54.4 Å². The standard InChI is InChI=1S/C38H38ClFN8O7/c39-29-16-26(5-2-22(29)19-41)55-25-6-3-24(4-7-25)44-34(50)23-20-42-38(43-21-23)47-13-11-46(12-14-47)10-1-15-54-32-18-28-27(17-30(32)40)36(52)48(37(28)53)31-8-9-33(49)45-35(31)51/h2,5,16-18,20-21,24-25,31H,1,3-4,6-15H2,(H,44,50)(H,45,49,51)/t24-,25-,31?. The van der Waals surface area contributed by atoms with Crippen LogP contribution < -0.4 is 25.0 Å². The highest BCUT2D eigenvalue weighted by molar-refractivity contribution is 6.31. The Bertz CT molecular complexity index is 2050. The summed E-state index contributed by atoms with van der Waals surface area (Å²) in [6.07, 6.45) is 6.71. The van der Waals surface area contributed by atoms with Gasteiger partial charge in [0.25, 0.3) is 17.7 Å². The van der Waals surface area contributed by atoms with Crippen LogP contribution in [0.25, 0.3) is 0 Å². The van der Waals surface area contributed by atoms with Crippen molar-refractivity contribution in [1.82, 2.24) is 30.4 Å². The first-order valence-electron chi connectivity index (χ1n) is 18.2. The number of imide groups is 2. The summed E-state index contributed by atoms with van der Waals surface area (Å²) in [5.74, 6) is -2.74. The number of carbonyl (C=O) groups is 5. The minimum Gasteiger partial charge on any atom is -0.490 e. The van der Waals surface area contributed by atoms with E-state index in [1.54, 1.807) is 30.6 Å². The minimum atomic E-state index is -1.14. The van der Waals surface area contributed by atoms with E-state index in [0.717, 1.165) is 49.7 Å². The van der Waals surface area contributed by atoms with Crippen molar-refractivity contribution < 1.29 is 37.8 Å². The van der Waals surface area contributed by atoms with E-state index in [0.29, 0.717) is 53.9 Å². The lowest BCUT2D eigenvalue weighted by molar-refractivity contribution is -0.136. The lowest BCUT2D eigenvalue weighted by Gasteiger charge is -2.34. The average molecular weight is 773 g/mol. The quantitative estimate of drug-likeness (QED) is 0.214. The molecule has 2 aromatic carbocycles. The fourth-order valence-corrected chi connectivity index (χ4v) is 7.48. The van der Waals surface area contributed by atoms with Crippen molar-refractivity contribution in [3.63, 3.8) is 0 Å². The number of amides is 5. The predicted octanol–water partition coefficient (Wildman–Crippen LogP) is 3.25. The number of ether oxygens (including phenoxy) is 2. The maximum Gasteiger partial charge on any atom is 0.262 e. The van der Waals surface area contributed by atoms with Crippen molar-refractivity contribution >= 4 is 47.1 Å². The number of piperidine rings is 1. The van der Waals surface area contributed by atoms with Gasteiger partial charge in [0.1, 0.15) is 17.9 Å². The highest BCUT2D eigenvalue weighted by atomic mass is 35.5. The predicted molar refractivity (Wildman–Crippen MR) is 194 cm³/mol. The summed E-state index contributed by atoms with van der Waals surface area (Å²) < 4.78 is 26.6. The molecule has 4 heterocycles. The molecule has 4 aliphatic rings. The Hall–Kier alpha value is -5.66. The molecule has 3 aliphatic heterocycles. The van der Waals surface area contributed by atoms with E-state index in [2.05, 4.69) is 25.5 Å². The first kappa shape index (κ1) is 37.6. The molecule has 1 unspecified atom stereocenters. The number of hydrogen-bond acceptors (Lipinski definition) is 12. The lowest BCUT2D eigenvalue weighted by atomic mass is 9.92. The zero-order valence-corrected chi connectivity index (χ0v) is 30.5. The van der Waals surface area contributed by atoms with Gasteiger partial charge >= 0.3 is 0 Å². The highest BCUT2D eigenvalue weighted by Gasteiger charge is 2.45. The van der Waals surface area contributed by atoms with Gasteiger partial charge in [0, 0.05) is 63.6 Å². The van der Waals surface area contributed by atoms with Crippen molar-refractivity contribution in [3.8, 4) is 17.6 Å². The van der Waals surface area contributed by atoms with Gasteiger partial charge < -0.3 is 19.7 Å². The number of halogens is 2. The number of carbonyl (C=O) groups excluding carboxylic acids is 5. The number of rotatable bonds is 11. The SMILES string of the molecule is N#Cc1ccc(O[C@H]2CC[C@H](NC(=O)c3cnc(N4CCN(CCCOc5cc6c(cc5F)C(=O)N(C5CCC(=O)NC5=O)C6=O)CC4)nc3)CC2)cc1Cl. The summed E-state index contributed by atoms with van der Waals surface area (Å²) >= 11 is 6.12. The molecule has 0 radical (unpaired) electrons. The number of nitrogens with one attached hydrogen (secondary N) is 2. The molecule has 7 rings (SSSR count). The molecule has 1 saturated carbocycles. The second kappa shape index (κ2) is 16.4. The molecule has 5 amide bonds. The Morgan fingerprint density at radius 1 is 0.982 bits per heavy atom. The smallest absolute Gasteiger partial charge is 0.262 e. The van der Waals surface area contributed by atoms with E-state index in [1.165, 1.54) is 6.07 Å². The number of hydrogen-bond donors (Lipinski definition) is 2. The van der Waals surface area contributed by atoms with Gasteiger partial charge in [-0.2, -0.15) is 5.26 Å². The van der Waals surface area contributed by atoms with Crippen molar-refractivity contribution in [3.05, 3.63) is 75.8 Å². The fraction of sp³-hybridized carbons (Fsp3) is 0.421. The summed E-state index contributed by atoms with van der Waals surface area (Å²) in [6, 6.07) is 8.09. The van der Waals surface area contributed by atoms with Crippen LogP contribution >= 0.6 is 11.6 Å². The number of nitriles is 1. The van der Waals surface area contributed by atoms with Crippen molar-refractivity contribution in [2.45, 2.75) is 63.1 Å². The van der Waals surface area contributed by atoms with Gasteiger partial charge in [-0.3, -0.25) is 39.1 Å². The van der Waals surface area contributed by atoms with E-state index in [9.17, 15) is 28.4 Å². The number of anilines is 1. The van der Waals surface area contributed by atoms with Gasteiger partial charge in [-0.1, -0.05) is 11.6 Å². The minimum absolute atomic E-state index is 0.00123. The molecule has 0 spiro atoms. The number of fused-ring (bicyclic) bond motifs is 1. The molecule has 15 nitrogen and oxygen atoms in total. The number of piperazine rings is 1. The fourth-order valence-electron chi connectivity index (χ4n) is 7.27. The molecule has 2 N–H and O–H groups in total. The van der Waals surface area contributed by atoms with E-state index in [1.807, 2.05) is 11.0 Å². The zero-order chi connectivity index (χ0) is 38.6. The maximum atomic E-state index is 14.9. The summed E-state index contributed by atoms with van der Waals surface area (Å²) in [6.45, 7) is 3.66. The Morgan fingerprint density at radius 3 is 2.36 bits per heavy atom. The molecular weight excluding hydrogens is 735 g/mol. The number of aromatic nitrogens is 2. The molecule has 55 heavy (non-hydrogen) atoms. The van der Waals surface area contributed by atoms with Gasteiger partial charge in [0.05, 0.1) is 40.0 Å². The van der Waals surface area contributed by atoms with Gasteiger partial charge in [0.15, 0.2) is 11.6 Å². The van der Waals surface area contributed by atoms with Crippen LogP contribution in [0.15, 0.2) is 42.7 Å². The van der Waals surface area contributed by atoms with Crippen LogP contribution in [0.3, 0.4) is 0 Å². The molecule has 286 valence electrons. The van der Waals surface area contributed by atoms with Crippen molar-refractivity contribution in [2.24, 2.45) is 0 Å². The van der Waals surface area contributed by atoms with Crippen LogP contribution in [0.5, 0.6) is 11.5 Å². The molecule has 2 saturated heterocycles. The lowest BCUT2D eigenvalue weighted by Crippen LogP contribution is -2.54. The summed E-state index contributed by atoms with van der Waals surface area (Å²) in [5.41, 5.74) is 0.594. The molecule has 3 fully saturated rings. The Morgan fingerprint density at radius 2 is 1.69 bits per heavy atom. The van der Waals surface area contributed by atoms with Crippen LogP contribution in [0.2, 0.25) is 5.02 Å². The molecule has 0 bridgehead atoms. The summed E-state index contributed by atoms with van der Waals surface area (Å²) in [5, 5.41) is 14.6.